The van der Waals surface area contributed by atoms with E-state index in [0.717, 1.165) is 18.3 Å². The van der Waals surface area contributed by atoms with E-state index in [2.05, 4.69) is 10.3 Å². The van der Waals surface area contributed by atoms with Crippen LogP contribution in [-0.2, 0) is 0 Å². The second kappa shape index (κ2) is 7.46. The van der Waals surface area contributed by atoms with E-state index in [1.165, 1.54) is 32.1 Å². The van der Waals surface area contributed by atoms with Crippen molar-refractivity contribution >= 4 is 5.82 Å². The van der Waals surface area contributed by atoms with Crippen molar-refractivity contribution in [3.8, 4) is 0 Å². The summed E-state index contributed by atoms with van der Waals surface area (Å²) in [6.45, 7) is 1.46. The van der Waals surface area contributed by atoms with Crippen LogP contribution in [0.5, 0.6) is 0 Å². The first-order valence-corrected chi connectivity index (χ1v) is 7.38. The molecule has 0 amide bonds. The first kappa shape index (κ1) is 14.3. The van der Waals surface area contributed by atoms with E-state index in [9.17, 15) is 5.11 Å². The number of nitrogens with zero attached hydrogens (tertiary/aromatic N) is 1. The van der Waals surface area contributed by atoms with E-state index in [4.69, 9.17) is 5.73 Å². The summed E-state index contributed by atoms with van der Waals surface area (Å²) in [5.41, 5.74) is 6.17. The molecule has 1 aromatic heterocycles. The molecule has 1 atom stereocenters. The molecular formula is C15H25N3O. The summed E-state index contributed by atoms with van der Waals surface area (Å²) in [6.07, 6.45) is 6.74. The lowest BCUT2D eigenvalue weighted by Crippen LogP contribution is -2.18. The number of pyridine rings is 1. The summed E-state index contributed by atoms with van der Waals surface area (Å²) in [5.74, 6) is 1.63. The maximum Gasteiger partial charge on any atom is 0.126 e. The first-order valence-electron chi connectivity index (χ1n) is 7.38. The zero-order chi connectivity index (χ0) is 13.5. The van der Waals surface area contributed by atoms with Crippen LogP contribution < -0.4 is 11.1 Å². The lowest BCUT2D eigenvalue weighted by Gasteiger charge is -2.22. The third-order valence-electron chi connectivity index (χ3n) is 3.85. The van der Waals surface area contributed by atoms with Crippen LogP contribution >= 0.6 is 0 Å². The van der Waals surface area contributed by atoms with Gasteiger partial charge in [-0.25, -0.2) is 4.98 Å². The van der Waals surface area contributed by atoms with Gasteiger partial charge in [0.2, 0.25) is 0 Å². The molecule has 1 aromatic rings. The number of hydrogen-bond donors (Lipinski definition) is 3. The van der Waals surface area contributed by atoms with E-state index in [0.29, 0.717) is 18.7 Å². The van der Waals surface area contributed by atoms with E-state index < -0.39 is 6.10 Å². The fourth-order valence-corrected chi connectivity index (χ4v) is 2.68. The maximum absolute atomic E-state index is 9.89. The Bertz CT molecular complexity index is 377. The molecule has 4 nitrogen and oxygen atoms in total. The molecule has 1 aliphatic rings. The smallest absolute Gasteiger partial charge is 0.126 e. The molecule has 19 heavy (non-hydrogen) atoms. The van der Waals surface area contributed by atoms with Crippen LogP contribution in [0.1, 0.15) is 50.3 Å². The molecule has 0 radical (unpaired) electrons. The molecule has 4 N–H and O–H groups in total. The zero-order valence-electron chi connectivity index (χ0n) is 11.5. The van der Waals surface area contributed by atoms with Crippen molar-refractivity contribution in [3.63, 3.8) is 0 Å². The molecule has 0 bridgehead atoms. The molecule has 0 aromatic carbocycles. The highest BCUT2D eigenvalue weighted by molar-refractivity contribution is 5.35. The van der Waals surface area contributed by atoms with Crippen LogP contribution in [0.4, 0.5) is 5.82 Å². The SMILES string of the molecule is NCCC(O)c1cccc(NCC2CCCCC2)n1. The second-order valence-corrected chi connectivity index (χ2v) is 5.43. The third kappa shape index (κ3) is 4.48. The summed E-state index contributed by atoms with van der Waals surface area (Å²) in [5, 5.41) is 13.3. The van der Waals surface area contributed by atoms with Crippen molar-refractivity contribution in [1.29, 1.82) is 0 Å². The average Bonchev–Trinajstić information content (AvgIpc) is 2.47. The number of nitrogens with one attached hydrogen (secondary N) is 1. The van der Waals surface area contributed by atoms with Gasteiger partial charge in [-0.1, -0.05) is 25.3 Å². The molecule has 1 aliphatic carbocycles. The maximum atomic E-state index is 9.89. The molecule has 1 fully saturated rings. The minimum absolute atomic E-state index is 0.475. The monoisotopic (exact) mass is 263 g/mol. The highest BCUT2D eigenvalue weighted by Crippen LogP contribution is 2.24. The fraction of sp³-hybridized carbons (Fsp3) is 0.667. The lowest BCUT2D eigenvalue weighted by molar-refractivity contribution is 0.165. The number of anilines is 1. The highest BCUT2D eigenvalue weighted by Gasteiger charge is 2.13. The predicted molar refractivity (Wildman–Crippen MR) is 77.9 cm³/mol. The number of rotatable bonds is 6. The van der Waals surface area contributed by atoms with Gasteiger partial charge in [0.15, 0.2) is 0 Å². The van der Waals surface area contributed by atoms with Gasteiger partial charge in [-0.15, -0.1) is 0 Å². The third-order valence-corrected chi connectivity index (χ3v) is 3.85. The topological polar surface area (TPSA) is 71.2 Å². The Morgan fingerprint density at radius 2 is 2.11 bits per heavy atom. The van der Waals surface area contributed by atoms with Crippen LogP contribution in [0.15, 0.2) is 18.2 Å². The molecule has 4 heteroatoms. The van der Waals surface area contributed by atoms with Crippen LogP contribution in [0.3, 0.4) is 0 Å². The molecule has 106 valence electrons. The van der Waals surface area contributed by atoms with E-state index >= 15 is 0 Å². The molecule has 2 rings (SSSR count). The van der Waals surface area contributed by atoms with Crippen LogP contribution in [-0.4, -0.2) is 23.2 Å². The van der Waals surface area contributed by atoms with Gasteiger partial charge in [-0.2, -0.15) is 0 Å². The summed E-state index contributed by atoms with van der Waals surface area (Å²) in [4.78, 5) is 4.46. The summed E-state index contributed by atoms with van der Waals surface area (Å²) in [7, 11) is 0. The largest absolute Gasteiger partial charge is 0.387 e. The predicted octanol–water partition coefficient (Wildman–Crippen LogP) is 2.46. The molecule has 0 spiro atoms. The summed E-state index contributed by atoms with van der Waals surface area (Å²) < 4.78 is 0. The zero-order valence-corrected chi connectivity index (χ0v) is 11.5. The van der Waals surface area contributed by atoms with Crippen molar-refractivity contribution in [2.45, 2.75) is 44.6 Å². The molecule has 0 saturated heterocycles. The van der Waals surface area contributed by atoms with Gasteiger partial charge in [-0.05, 0) is 43.9 Å². The summed E-state index contributed by atoms with van der Waals surface area (Å²) >= 11 is 0. The number of aliphatic hydroxyl groups excluding tert-OH is 1. The number of hydrogen-bond acceptors (Lipinski definition) is 4. The van der Waals surface area contributed by atoms with E-state index in [1.54, 1.807) is 0 Å². The van der Waals surface area contributed by atoms with Crippen molar-refractivity contribution in [2.75, 3.05) is 18.4 Å². The second-order valence-electron chi connectivity index (χ2n) is 5.43. The minimum Gasteiger partial charge on any atom is -0.387 e. The van der Waals surface area contributed by atoms with Crippen molar-refractivity contribution in [3.05, 3.63) is 23.9 Å². The van der Waals surface area contributed by atoms with Crippen LogP contribution in [0, 0.1) is 5.92 Å². The molecule has 1 heterocycles. The van der Waals surface area contributed by atoms with Crippen molar-refractivity contribution in [1.82, 2.24) is 4.98 Å². The van der Waals surface area contributed by atoms with E-state index in [-0.39, 0.29) is 0 Å². The number of aromatic nitrogens is 1. The Morgan fingerprint density at radius 3 is 2.84 bits per heavy atom. The van der Waals surface area contributed by atoms with Gasteiger partial charge < -0.3 is 16.2 Å². The summed E-state index contributed by atoms with van der Waals surface area (Å²) in [6, 6.07) is 5.75. The Hall–Kier alpha value is -1.13. The lowest BCUT2D eigenvalue weighted by atomic mass is 9.89. The standard InChI is InChI=1S/C15H25N3O/c16-10-9-14(19)13-7-4-8-15(18-13)17-11-12-5-2-1-3-6-12/h4,7-8,12,14,19H,1-3,5-6,9-11,16H2,(H,17,18). The van der Waals surface area contributed by atoms with Crippen LogP contribution in [0.2, 0.25) is 0 Å². The van der Waals surface area contributed by atoms with Crippen LogP contribution in [0.25, 0.3) is 0 Å². The highest BCUT2D eigenvalue weighted by atomic mass is 16.3. The Balaban J connectivity index is 1.87. The number of aliphatic hydroxyl groups is 1. The molecular weight excluding hydrogens is 238 g/mol. The molecule has 1 saturated carbocycles. The Labute approximate surface area is 115 Å². The van der Waals surface area contributed by atoms with Gasteiger partial charge in [0.1, 0.15) is 5.82 Å². The number of nitrogens with two attached hydrogens (primary N) is 1. The van der Waals surface area contributed by atoms with Crippen molar-refractivity contribution < 1.29 is 5.11 Å². The van der Waals surface area contributed by atoms with Gasteiger partial charge >= 0.3 is 0 Å². The first-order chi connectivity index (χ1) is 9.29. The van der Waals surface area contributed by atoms with Gasteiger partial charge in [0, 0.05) is 6.54 Å². The van der Waals surface area contributed by atoms with E-state index in [1.807, 2.05) is 18.2 Å². The minimum atomic E-state index is -0.554. The quantitative estimate of drug-likeness (QED) is 0.737. The van der Waals surface area contributed by atoms with Gasteiger partial charge in [0.25, 0.3) is 0 Å². The van der Waals surface area contributed by atoms with Crippen molar-refractivity contribution in [2.24, 2.45) is 11.7 Å². The Morgan fingerprint density at radius 1 is 1.32 bits per heavy atom. The fourth-order valence-electron chi connectivity index (χ4n) is 2.68. The van der Waals surface area contributed by atoms with Gasteiger partial charge in [0.05, 0.1) is 11.8 Å². The molecule has 0 aliphatic heterocycles. The molecule has 1 unspecified atom stereocenters. The normalized spacial score (nSPS) is 18.2. The average molecular weight is 263 g/mol. The van der Waals surface area contributed by atoms with Gasteiger partial charge in [-0.3, -0.25) is 0 Å². The Kier molecular flexibility index (Phi) is 5.61.